The number of hydrogen-bond acceptors (Lipinski definition) is 1. The second-order valence-electron chi connectivity index (χ2n) is 4.50. The summed E-state index contributed by atoms with van der Waals surface area (Å²) in [5, 5.41) is 0. The molecule has 0 aromatic carbocycles. The van der Waals surface area contributed by atoms with E-state index in [0.717, 1.165) is 38.0 Å². The van der Waals surface area contributed by atoms with Gasteiger partial charge in [-0.15, -0.1) is 0 Å². The Labute approximate surface area is 68.6 Å². The van der Waals surface area contributed by atoms with Gasteiger partial charge in [-0.25, -0.2) is 0 Å². The van der Waals surface area contributed by atoms with Crippen LogP contribution in [0.3, 0.4) is 0 Å². The topological polar surface area (TPSA) is 17.1 Å². The minimum atomic E-state index is -0.190. The first-order chi connectivity index (χ1) is 5.66. The average molecular weight is 151 g/mol. The van der Waals surface area contributed by atoms with E-state index in [0.29, 0.717) is 5.78 Å². The van der Waals surface area contributed by atoms with Crippen LogP contribution in [-0.2, 0) is 4.79 Å². The Balaban J connectivity index is 2.00. The molecule has 4 rings (SSSR count). The van der Waals surface area contributed by atoms with Crippen LogP contribution in [0.15, 0.2) is 0 Å². The third-order valence-electron chi connectivity index (χ3n) is 3.69. The third kappa shape index (κ3) is 0.743. The molecule has 60 valence electrons. The predicted molar refractivity (Wildman–Crippen MR) is 42.1 cm³/mol. The molecule has 0 amide bonds. The molecule has 0 aliphatic heterocycles. The number of carbonyl (C=O) groups excluding carboxylic acids is 1. The number of Topliss-reactive ketones (excluding diaryl/α,β-unsaturated/α-hetero) is 1. The number of hydrogen-bond donors (Lipinski definition) is 0. The van der Waals surface area contributed by atoms with Gasteiger partial charge in [0.2, 0.25) is 0 Å². The lowest BCUT2D eigenvalue weighted by Gasteiger charge is -2.48. The SMILES string of the molecule is [2H]C12CC3CC(C1)C(=O)C(C3)C2. The average Bonchev–Trinajstić information content (AvgIpc) is 1.96. The van der Waals surface area contributed by atoms with Crippen molar-refractivity contribution in [1.82, 2.24) is 0 Å². The molecule has 1 nitrogen and oxygen atoms in total. The first-order valence-corrected chi connectivity index (χ1v) is 4.70. The molecule has 0 aromatic heterocycles. The van der Waals surface area contributed by atoms with E-state index in [9.17, 15) is 4.79 Å². The summed E-state index contributed by atoms with van der Waals surface area (Å²) >= 11 is 0. The van der Waals surface area contributed by atoms with Crippen LogP contribution < -0.4 is 0 Å². The van der Waals surface area contributed by atoms with E-state index < -0.39 is 0 Å². The number of carbonyl (C=O) groups is 1. The smallest absolute Gasteiger partial charge is 0.139 e. The van der Waals surface area contributed by atoms with Crippen LogP contribution in [0, 0.1) is 23.6 Å². The van der Waals surface area contributed by atoms with Crippen molar-refractivity contribution in [2.75, 3.05) is 0 Å². The van der Waals surface area contributed by atoms with Gasteiger partial charge in [0.05, 0.1) is 0 Å². The fraction of sp³-hybridized carbons (Fsp3) is 0.900. The summed E-state index contributed by atoms with van der Waals surface area (Å²) in [4.78, 5) is 11.6. The monoisotopic (exact) mass is 151 g/mol. The molecule has 0 heterocycles. The zero-order valence-corrected chi connectivity index (χ0v) is 6.68. The Morgan fingerprint density at radius 3 is 2.27 bits per heavy atom. The summed E-state index contributed by atoms with van der Waals surface area (Å²) in [6.07, 6.45) is 5.04. The first kappa shape index (κ1) is 5.34. The zero-order valence-electron chi connectivity index (χ0n) is 7.68. The Kier molecular flexibility index (Phi) is 0.912. The van der Waals surface area contributed by atoms with Crippen LogP contribution in [0.2, 0.25) is 0 Å². The van der Waals surface area contributed by atoms with Gasteiger partial charge in [-0.1, -0.05) is 0 Å². The molecule has 0 saturated heterocycles. The van der Waals surface area contributed by atoms with Gasteiger partial charge in [0.1, 0.15) is 5.78 Å². The summed E-state index contributed by atoms with van der Waals surface area (Å²) in [6, 6.07) is 0. The number of rotatable bonds is 0. The molecule has 0 aromatic rings. The molecule has 4 aliphatic carbocycles. The van der Waals surface area contributed by atoms with Crippen molar-refractivity contribution in [3.63, 3.8) is 0 Å². The summed E-state index contributed by atoms with van der Waals surface area (Å²) < 4.78 is 8.15. The van der Waals surface area contributed by atoms with Gasteiger partial charge in [0.25, 0.3) is 0 Å². The Hall–Kier alpha value is -0.330. The van der Waals surface area contributed by atoms with Gasteiger partial charge in [-0.2, -0.15) is 0 Å². The summed E-state index contributed by atoms with van der Waals surface area (Å²) in [5.74, 6) is 1.60. The van der Waals surface area contributed by atoms with Crippen LogP contribution in [0.4, 0.5) is 0 Å². The Bertz CT molecular complexity index is 230. The Morgan fingerprint density at radius 2 is 1.73 bits per heavy atom. The zero-order chi connectivity index (χ0) is 8.34. The van der Waals surface area contributed by atoms with Crippen molar-refractivity contribution < 1.29 is 6.17 Å². The van der Waals surface area contributed by atoms with E-state index in [1.54, 1.807) is 0 Å². The van der Waals surface area contributed by atoms with Gasteiger partial charge >= 0.3 is 0 Å². The molecule has 4 bridgehead atoms. The minimum Gasteiger partial charge on any atom is -0.299 e. The van der Waals surface area contributed by atoms with Crippen LogP contribution in [0.1, 0.15) is 33.5 Å². The summed E-state index contributed by atoms with van der Waals surface area (Å²) in [6.45, 7) is 0. The van der Waals surface area contributed by atoms with Crippen molar-refractivity contribution >= 4 is 5.78 Å². The van der Waals surface area contributed by atoms with Crippen molar-refractivity contribution in [2.24, 2.45) is 23.6 Å². The highest BCUT2D eigenvalue weighted by Gasteiger charge is 2.47. The fourth-order valence-electron chi connectivity index (χ4n) is 3.36. The van der Waals surface area contributed by atoms with E-state index in [4.69, 9.17) is 1.37 Å². The van der Waals surface area contributed by atoms with Crippen molar-refractivity contribution in [3.05, 3.63) is 0 Å². The minimum absolute atomic E-state index is 0.190. The van der Waals surface area contributed by atoms with Crippen LogP contribution >= 0.6 is 0 Å². The largest absolute Gasteiger partial charge is 0.299 e. The highest BCUT2D eigenvalue weighted by molar-refractivity contribution is 5.85. The molecule has 0 radical (unpaired) electrons. The standard InChI is InChI=1S/C10H14O/c11-10-8-2-6-1-7(4-8)5-9(10)3-6/h6-9H,1-5H2/i6D. The van der Waals surface area contributed by atoms with E-state index >= 15 is 0 Å². The molecule has 1 heteroatoms. The lowest BCUT2D eigenvalue weighted by molar-refractivity contribution is -0.139. The summed E-state index contributed by atoms with van der Waals surface area (Å²) in [7, 11) is 0. The van der Waals surface area contributed by atoms with Crippen LogP contribution in [0.25, 0.3) is 0 Å². The fourth-order valence-corrected chi connectivity index (χ4v) is 3.36. The molecule has 0 spiro atoms. The van der Waals surface area contributed by atoms with Crippen molar-refractivity contribution in [3.8, 4) is 0 Å². The molecular weight excluding hydrogens is 136 g/mol. The van der Waals surface area contributed by atoms with E-state index in [-0.39, 0.29) is 17.7 Å². The lowest BCUT2D eigenvalue weighted by Crippen LogP contribution is -2.45. The molecule has 2 atom stereocenters. The van der Waals surface area contributed by atoms with Crippen LogP contribution in [0.5, 0.6) is 0 Å². The number of ketones is 1. The lowest BCUT2D eigenvalue weighted by atomic mass is 9.56. The maximum absolute atomic E-state index is 11.6. The van der Waals surface area contributed by atoms with Gasteiger partial charge in [-0.05, 0) is 43.9 Å². The molecule has 0 N–H and O–H groups in total. The molecule has 2 unspecified atom stereocenters. The molecule has 4 saturated carbocycles. The van der Waals surface area contributed by atoms with E-state index in [1.165, 1.54) is 0 Å². The molecule has 4 aliphatic rings. The predicted octanol–water partition coefficient (Wildman–Crippen LogP) is 2.01. The normalized spacial score (nSPS) is 61.6. The van der Waals surface area contributed by atoms with Crippen molar-refractivity contribution in [1.29, 1.82) is 0 Å². The second-order valence-corrected chi connectivity index (χ2v) is 4.50. The molecule has 4 fully saturated rings. The first-order valence-electron chi connectivity index (χ1n) is 5.20. The van der Waals surface area contributed by atoms with Crippen LogP contribution in [-0.4, -0.2) is 5.78 Å². The molecular formula is C10H14O. The highest BCUT2D eigenvalue weighted by Crippen LogP contribution is 2.51. The van der Waals surface area contributed by atoms with Gasteiger partial charge in [-0.3, -0.25) is 4.79 Å². The maximum atomic E-state index is 11.6. The second kappa shape index (κ2) is 1.88. The molecule has 11 heavy (non-hydrogen) atoms. The van der Waals surface area contributed by atoms with Gasteiger partial charge in [0, 0.05) is 13.2 Å². The van der Waals surface area contributed by atoms with Crippen molar-refractivity contribution in [2.45, 2.75) is 32.1 Å². The maximum Gasteiger partial charge on any atom is 0.139 e. The van der Waals surface area contributed by atoms with Gasteiger partial charge in [0.15, 0.2) is 0 Å². The Morgan fingerprint density at radius 1 is 1.09 bits per heavy atom. The van der Waals surface area contributed by atoms with E-state index in [1.807, 2.05) is 0 Å². The van der Waals surface area contributed by atoms with E-state index in [2.05, 4.69) is 0 Å². The third-order valence-corrected chi connectivity index (χ3v) is 3.69. The highest BCUT2D eigenvalue weighted by atomic mass is 16.1. The quantitative estimate of drug-likeness (QED) is 0.517. The summed E-state index contributed by atoms with van der Waals surface area (Å²) in [5.41, 5.74) is 0. The van der Waals surface area contributed by atoms with Gasteiger partial charge < -0.3 is 0 Å².